The van der Waals surface area contributed by atoms with Gasteiger partial charge in [0.05, 0.1) is 12.6 Å². The van der Waals surface area contributed by atoms with Crippen molar-refractivity contribution in [1.82, 2.24) is 20.0 Å². The summed E-state index contributed by atoms with van der Waals surface area (Å²) < 4.78 is 1.95. The minimum absolute atomic E-state index is 0.114. The van der Waals surface area contributed by atoms with Crippen LogP contribution in [0.5, 0.6) is 0 Å². The number of carbonyl (C=O) groups is 1. The molecule has 118 valence electrons. The molecule has 1 aromatic rings. The molecule has 6 heteroatoms. The van der Waals surface area contributed by atoms with Crippen molar-refractivity contribution in [3.63, 3.8) is 0 Å². The Labute approximate surface area is 126 Å². The van der Waals surface area contributed by atoms with Gasteiger partial charge in [0.2, 0.25) is 5.91 Å². The van der Waals surface area contributed by atoms with Crippen molar-refractivity contribution >= 4 is 11.7 Å². The van der Waals surface area contributed by atoms with E-state index >= 15 is 0 Å². The lowest BCUT2D eigenvalue weighted by molar-refractivity contribution is -0.124. The van der Waals surface area contributed by atoms with Crippen LogP contribution in [0.1, 0.15) is 46.1 Å². The molecule has 2 rings (SSSR count). The van der Waals surface area contributed by atoms with Crippen molar-refractivity contribution in [2.24, 2.45) is 0 Å². The Kier molecular flexibility index (Phi) is 4.88. The fraction of sp³-hybridized carbons (Fsp3) is 0.733. The lowest BCUT2D eigenvalue weighted by Crippen LogP contribution is -2.48. The minimum atomic E-state index is -0.123. The average molecular weight is 293 g/mol. The van der Waals surface area contributed by atoms with Crippen LogP contribution in [0, 0.1) is 0 Å². The van der Waals surface area contributed by atoms with Gasteiger partial charge in [-0.2, -0.15) is 5.10 Å². The number of nitrogens with two attached hydrogens (primary N) is 1. The lowest BCUT2D eigenvalue weighted by Gasteiger charge is -2.33. The Hall–Kier alpha value is -1.56. The summed E-state index contributed by atoms with van der Waals surface area (Å²) in [6.07, 6.45) is 4.88. The Balaban J connectivity index is 1.78. The molecule has 0 atom stereocenters. The predicted molar refractivity (Wildman–Crippen MR) is 83.9 cm³/mol. The number of carbonyl (C=O) groups excluding carboxylic acids is 1. The Morgan fingerprint density at radius 2 is 2.14 bits per heavy atom. The fourth-order valence-electron chi connectivity index (χ4n) is 2.61. The lowest BCUT2D eigenvalue weighted by atomic mass is 10.0. The van der Waals surface area contributed by atoms with E-state index in [1.807, 2.05) is 16.9 Å². The molecular formula is C15H27N5O. The molecule has 1 aliphatic heterocycles. The first-order chi connectivity index (χ1) is 9.89. The molecule has 2 heterocycles. The van der Waals surface area contributed by atoms with Crippen LogP contribution in [0.3, 0.4) is 0 Å². The number of nitrogen functional groups attached to an aromatic ring is 1. The quantitative estimate of drug-likeness (QED) is 0.860. The SMILES string of the molecule is CCC(C)(C)NC(=O)CN1CCC(n2ccc(N)n2)CC1. The minimum Gasteiger partial charge on any atom is -0.382 e. The van der Waals surface area contributed by atoms with Crippen LogP contribution in [0.2, 0.25) is 0 Å². The van der Waals surface area contributed by atoms with Crippen molar-refractivity contribution in [2.75, 3.05) is 25.4 Å². The monoisotopic (exact) mass is 293 g/mol. The summed E-state index contributed by atoms with van der Waals surface area (Å²) in [5.41, 5.74) is 5.53. The number of anilines is 1. The second kappa shape index (κ2) is 6.47. The van der Waals surface area contributed by atoms with Crippen LogP contribution in [-0.2, 0) is 4.79 Å². The standard InChI is InChI=1S/C15H27N5O/c1-4-15(2,3)17-14(21)11-19-8-5-12(6-9-19)20-10-7-13(16)18-20/h7,10,12H,4-6,8-9,11H2,1-3H3,(H2,16,18)(H,17,21). The highest BCUT2D eigenvalue weighted by Gasteiger charge is 2.24. The molecule has 0 spiro atoms. The van der Waals surface area contributed by atoms with Gasteiger partial charge in [0.1, 0.15) is 5.82 Å². The van der Waals surface area contributed by atoms with E-state index in [2.05, 4.69) is 36.1 Å². The summed E-state index contributed by atoms with van der Waals surface area (Å²) in [7, 11) is 0. The van der Waals surface area contributed by atoms with Gasteiger partial charge >= 0.3 is 0 Å². The number of piperidine rings is 1. The van der Waals surface area contributed by atoms with Gasteiger partial charge in [-0.05, 0) is 39.2 Å². The maximum Gasteiger partial charge on any atom is 0.234 e. The van der Waals surface area contributed by atoms with Gasteiger partial charge in [-0.1, -0.05) is 6.92 Å². The number of likely N-dealkylation sites (tertiary alicyclic amines) is 1. The zero-order chi connectivity index (χ0) is 15.5. The number of hydrogen-bond acceptors (Lipinski definition) is 4. The second-order valence-electron chi connectivity index (χ2n) is 6.51. The first-order valence-corrected chi connectivity index (χ1v) is 7.73. The summed E-state index contributed by atoms with van der Waals surface area (Å²) in [4.78, 5) is 14.3. The molecule has 1 saturated heterocycles. The molecule has 0 aromatic carbocycles. The molecular weight excluding hydrogens is 266 g/mol. The third kappa shape index (κ3) is 4.46. The van der Waals surface area contributed by atoms with E-state index in [0.29, 0.717) is 18.4 Å². The molecule has 3 N–H and O–H groups in total. The van der Waals surface area contributed by atoms with E-state index in [-0.39, 0.29) is 11.4 Å². The number of nitrogens with one attached hydrogen (secondary N) is 1. The first kappa shape index (κ1) is 15.8. The molecule has 0 aliphatic carbocycles. The summed E-state index contributed by atoms with van der Waals surface area (Å²) >= 11 is 0. The maximum absolute atomic E-state index is 12.1. The number of rotatable bonds is 5. The molecule has 0 unspecified atom stereocenters. The highest BCUT2D eigenvalue weighted by Crippen LogP contribution is 2.22. The van der Waals surface area contributed by atoms with Crippen LogP contribution in [-0.4, -0.2) is 45.8 Å². The van der Waals surface area contributed by atoms with E-state index in [1.54, 1.807) is 0 Å². The number of hydrogen-bond donors (Lipinski definition) is 2. The molecule has 1 fully saturated rings. The van der Waals surface area contributed by atoms with Crippen LogP contribution < -0.4 is 11.1 Å². The van der Waals surface area contributed by atoms with E-state index in [9.17, 15) is 4.79 Å². The molecule has 6 nitrogen and oxygen atoms in total. The third-order valence-electron chi connectivity index (χ3n) is 4.29. The van der Waals surface area contributed by atoms with Crippen LogP contribution in [0.25, 0.3) is 0 Å². The van der Waals surface area contributed by atoms with Crippen LogP contribution in [0.15, 0.2) is 12.3 Å². The molecule has 1 aliphatic rings. The summed E-state index contributed by atoms with van der Waals surface area (Å²) in [6, 6.07) is 2.22. The first-order valence-electron chi connectivity index (χ1n) is 7.73. The summed E-state index contributed by atoms with van der Waals surface area (Å²) in [5.74, 6) is 0.683. The average Bonchev–Trinajstić information content (AvgIpc) is 2.85. The van der Waals surface area contributed by atoms with Crippen molar-refractivity contribution in [2.45, 2.75) is 51.6 Å². The largest absolute Gasteiger partial charge is 0.382 e. The maximum atomic E-state index is 12.1. The molecule has 0 saturated carbocycles. The molecule has 1 amide bonds. The fourth-order valence-corrected chi connectivity index (χ4v) is 2.61. The zero-order valence-electron chi connectivity index (χ0n) is 13.3. The number of aromatic nitrogens is 2. The molecule has 1 aromatic heterocycles. The smallest absolute Gasteiger partial charge is 0.234 e. The number of nitrogens with zero attached hydrogens (tertiary/aromatic N) is 3. The van der Waals surface area contributed by atoms with Crippen LogP contribution in [0.4, 0.5) is 5.82 Å². The van der Waals surface area contributed by atoms with Gasteiger partial charge in [0.25, 0.3) is 0 Å². The predicted octanol–water partition coefficient (Wildman–Crippen LogP) is 1.41. The normalized spacial score (nSPS) is 17.9. The summed E-state index contributed by atoms with van der Waals surface area (Å²) in [5, 5.41) is 7.36. The molecule has 21 heavy (non-hydrogen) atoms. The van der Waals surface area contributed by atoms with Gasteiger partial charge in [0, 0.05) is 24.8 Å². The highest BCUT2D eigenvalue weighted by molar-refractivity contribution is 5.78. The van der Waals surface area contributed by atoms with Crippen molar-refractivity contribution in [3.8, 4) is 0 Å². The molecule has 0 radical (unpaired) electrons. The van der Waals surface area contributed by atoms with Crippen molar-refractivity contribution in [1.29, 1.82) is 0 Å². The zero-order valence-corrected chi connectivity index (χ0v) is 13.3. The molecule has 0 bridgehead atoms. The topological polar surface area (TPSA) is 76.2 Å². The third-order valence-corrected chi connectivity index (χ3v) is 4.29. The summed E-state index contributed by atoms with van der Waals surface area (Å²) in [6.45, 7) is 8.52. The highest BCUT2D eigenvalue weighted by atomic mass is 16.2. The van der Waals surface area contributed by atoms with Crippen LogP contribution >= 0.6 is 0 Å². The van der Waals surface area contributed by atoms with Crippen molar-refractivity contribution in [3.05, 3.63) is 12.3 Å². The Bertz CT molecular complexity index is 474. The van der Waals surface area contributed by atoms with Gasteiger partial charge in [-0.3, -0.25) is 14.4 Å². The van der Waals surface area contributed by atoms with Crippen molar-refractivity contribution < 1.29 is 4.79 Å². The van der Waals surface area contributed by atoms with Gasteiger partial charge in [0.15, 0.2) is 0 Å². The van der Waals surface area contributed by atoms with E-state index in [4.69, 9.17) is 5.73 Å². The van der Waals surface area contributed by atoms with Gasteiger partial charge < -0.3 is 11.1 Å². The van der Waals surface area contributed by atoms with E-state index < -0.39 is 0 Å². The Morgan fingerprint density at radius 1 is 1.48 bits per heavy atom. The van der Waals surface area contributed by atoms with Gasteiger partial charge in [-0.25, -0.2) is 0 Å². The van der Waals surface area contributed by atoms with E-state index in [0.717, 1.165) is 32.4 Å². The second-order valence-corrected chi connectivity index (χ2v) is 6.51. The number of amides is 1. The van der Waals surface area contributed by atoms with E-state index in [1.165, 1.54) is 0 Å². The van der Waals surface area contributed by atoms with Gasteiger partial charge in [-0.15, -0.1) is 0 Å². The Morgan fingerprint density at radius 3 is 2.67 bits per heavy atom.